The molecule has 0 N–H and O–H groups in total. The van der Waals surface area contributed by atoms with Gasteiger partial charge in [0.25, 0.3) is 0 Å². The number of nitrogens with zero attached hydrogens (tertiary/aromatic N) is 2. The van der Waals surface area contributed by atoms with Crippen molar-refractivity contribution in [1.29, 1.82) is 0 Å². The van der Waals surface area contributed by atoms with Crippen LogP contribution < -0.4 is 0 Å². The summed E-state index contributed by atoms with van der Waals surface area (Å²) in [5.74, 6) is 0.719. The molecule has 1 fully saturated rings. The Morgan fingerprint density at radius 2 is 2.04 bits per heavy atom. The zero-order chi connectivity index (χ0) is 16.4. The lowest BCUT2D eigenvalue weighted by molar-refractivity contribution is 0.0219. The second-order valence-electron chi connectivity index (χ2n) is 6.81. The second kappa shape index (κ2) is 6.07. The highest BCUT2D eigenvalue weighted by Crippen LogP contribution is 2.34. The van der Waals surface area contributed by atoms with Crippen molar-refractivity contribution in [1.82, 2.24) is 10.1 Å². The Balaban J connectivity index is 1.78. The van der Waals surface area contributed by atoms with Gasteiger partial charge in [-0.1, -0.05) is 35.5 Å². The molecular weight excluding hydrogens is 292 g/mol. The lowest BCUT2D eigenvalue weighted by Gasteiger charge is -2.27. The van der Waals surface area contributed by atoms with Gasteiger partial charge in [0, 0.05) is 18.2 Å². The van der Waals surface area contributed by atoms with Crippen molar-refractivity contribution < 1.29 is 14.1 Å². The summed E-state index contributed by atoms with van der Waals surface area (Å²) in [5.41, 5.74) is 1.27. The molecule has 0 unspecified atom stereocenters. The summed E-state index contributed by atoms with van der Waals surface area (Å²) in [7, 11) is 0. The van der Waals surface area contributed by atoms with Crippen LogP contribution in [-0.4, -0.2) is 28.3 Å². The number of carbonyl (C=O) groups is 1. The van der Waals surface area contributed by atoms with E-state index < -0.39 is 5.60 Å². The molecule has 1 aliphatic heterocycles. The molecule has 1 amide bonds. The standard InChI is InChI=1S/C18H22N2O3/c1-18(2,3)22-17(21)20-11-7-10-15(20)14-12-16(23-19-14)13-8-5-4-6-9-13/h4-6,8-9,12,15H,7,10-11H2,1-3H3/t15-/m0/s1. The Morgan fingerprint density at radius 3 is 2.74 bits per heavy atom. The van der Waals surface area contributed by atoms with Crippen LogP contribution in [0.15, 0.2) is 40.9 Å². The summed E-state index contributed by atoms with van der Waals surface area (Å²) in [4.78, 5) is 14.1. The van der Waals surface area contributed by atoms with Gasteiger partial charge in [0.1, 0.15) is 11.3 Å². The molecule has 0 aliphatic carbocycles. The number of benzene rings is 1. The summed E-state index contributed by atoms with van der Waals surface area (Å²) >= 11 is 0. The van der Waals surface area contributed by atoms with Gasteiger partial charge in [0.05, 0.1) is 6.04 Å². The van der Waals surface area contributed by atoms with Crippen LogP contribution in [0.4, 0.5) is 4.79 Å². The quantitative estimate of drug-likeness (QED) is 0.823. The number of rotatable bonds is 2. The van der Waals surface area contributed by atoms with E-state index in [4.69, 9.17) is 9.26 Å². The lowest BCUT2D eigenvalue weighted by Crippen LogP contribution is -2.36. The summed E-state index contributed by atoms with van der Waals surface area (Å²) in [6.45, 7) is 6.31. The maximum atomic E-state index is 12.4. The van der Waals surface area contributed by atoms with Gasteiger partial charge < -0.3 is 9.26 Å². The zero-order valence-electron chi connectivity index (χ0n) is 13.8. The highest BCUT2D eigenvalue weighted by molar-refractivity contribution is 5.69. The molecule has 1 aromatic carbocycles. The molecule has 2 heterocycles. The number of carbonyl (C=O) groups excluding carboxylic acids is 1. The number of hydrogen-bond donors (Lipinski definition) is 0. The van der Waals surface area contributed by atoms with E-state index in [1.165, 1.54) is 0 Å². The first kappa shape index (κ1) is 15.6. The predicted molar refractivity (Wildman–Crippen MR) is 86.9 cm³/mol. The highest BCUT2D eigenvalue weighted by Gasteiger charge is 2.35. The minimum Gasteiger partial charge on any atom is -0.444 e. The van der Waals surface area contributed by atoms with E-state index >= 15 is 0 Å². The average Bonchev–Trinajstić information content (AvgIpc) is 3.15. The number of aromatic nitrogens is 1. The molecule has 1 saturated heterocycles. The van der Waals surface area contributed by atoms with Crippen LogP contribution in [0.3, 0.4) is 0 Å². The van der Waals surface area contributed by atoms with Gasteiger partial charge in [-0.05, 0) is 33.6 Å². The number of hydrogen-bond acceptors (Lipinski definition) is 4. The molecule has 1 aliphatic rings. The van der Waals surface area contributed by atoms with E-state index in [1.54, 1.807) is 4.90 Å². The fourth-order valence-electron chi connectivity index (χ4n) is 2.80. The van der Waals surface area contributed by atoms with Crippen molar-refractivity contribution in [2.75, 3.05) is 6.54 Å². The summed E-state index contributed by atoms with van der Waals surface area (Å²) < 4.78 is 11.0. The summed E-state index contributed by atoms with van der Waals surface area (Å²) in [5, 5.41) is 4.18. The van der Waals surface area contributed by atoms with Crippen LogP contribution in [0.1, 0.15) is 45.3 Å². The molecule has 5 heteroatoms. The van der Waals surface area contributed by atoms with Gasteiger partial charge in [-0.25, -0.2) is 4.79 Å². The number of ether oxygens (including phenoxy) is 1. The first-order valence-corrected chi connectivity index (χ1v) is 7.96. The Kier molecular flexibility index (Phi) is 4.11. The van der Waals surface area contributed by atoms with Crippen LogP contribution in [0.25, 0.3) is 11.3 Å². The summed E-state index contributed by atoms with van der Waals surface area (Å²) in [6, 6.07) is 11.7. The molecule has 2 aromatic rings. The van der Waals surface area contributed by atoms with Gasteiger partial charge in [0.2, 0.25) is 0 Å². The fourth-order valence-corrected chi connectivity index (χ4v) is 2.80. The van der Waals surface area contributed by atoms with E-state index in [0.29, 0.717) is 6.54 Å². The lowest BCUT2D eigenvalue weighted by atomic mass is 10.1. The van der Waals surface area contributed by atoms with E-state index in [9.17, 15) is 4.79 Å². The largest absolute Gasteiger partial charge is 0.444 e. The number of amides is 1. The van der Waals surface area contributed by atoms with Gasteiger partial charge in [-0.3, -0.25) is 4.90 Å². The molecule has 3 rings (SSSR count). The first-order valence-electron chi connectivity index (χ1n) is 7.96. The molecule has 0 radical (unpaired) electrons. The molecule has 122 valence electrons. The normalized spacial score (nSPS) is 18.2. The van der Waals surface area contributed by atoms with Gasteiger partial charge in [0.15, 0.2) is 5.76 Å². The smallest absolute Gasteiger partial charge is 0.410 e. The van der Waals surface area contributed by atoms with Crippen LogP contribution in [0.2, 0.25) is 0 Å². The topological polar surface area (TPSA) is 55.6 Å². The molecular formula is C18H22N2O3. The van der Waals surface area contributed by atoms with E-state index in [0.717, 1.165) is 29.9 Å². The van der Waals surface area contributed by atoms with Gasteiger partial charge in [-0.2, -0.15) is 0 Å². The first-order chi connectivity index (χ1) is 10.9. The second-order valence-corrected chi connectivity index (χ2v) is 6.81. The van der Waals surface area contributed by atoms with Crippen LogP contribution in [-0.2, 0) is 4.74 Å². The van der Waals surface area contributed by atoms with E-state index in [2.05, 4.69) is 5.16 Å². The third-order valence-corrected chi connectivity index (χ3v) is 3.81. The zero-order valence-corrected chi connectivity index (χ0v) is 13.8. The van der Waals surface area contributed by atoms with Crippen molar-refractivity contribution in [2.24, 2.45) is 0 Å². The Hall–Kier alpha value is -2.30. The van der Waals surface area contributed by atoms with Crippen molar-refractivity contribution in [3.63, 3.8) is 0 Å². The molecule has 0 spiro atoms. The monoisotopic (exact) mass is 314 g/mol. The summed E-state index contributed by atoms with van der Waals surface area (Å²) in [6.07, 6.45) is 1.53. The Bertz CT molecular complexity index is 673. The minimum atomic E-state index is -0.497. The molecule has 23 heavy (non-hydrogen) atoms. The third-order valence-electron chi connectivity index (χ3n) is 3.81. The molecule has 1 aromatic heterocycles. The Morgan fingerprint density at radius 1 is 1.30 bits per heavy atom. The predicted octanol–water partition coefficient (Wildman–Crippen LogP) is 4.41. The van der Waals surface area contributed by atoms with Gasteiger partial charge >= 0.3 is 6.09 Å². The van der Waals surface area contributed by atoms with Gasteiger partial charge in [-0.15, -0.1) is 0 Å². The van der Waals surface area contributed by atoms with Crippen LogP contribution >= 0.6 is 0 Å². The Labute approximate surface area is 136 Å². The molecule has 0 saturated carbocycles. The average molecular weight is 314 g/mol. The fraction of sp³-hybridized carbons (Fsp3) is 0.444. The maximum Gasteiger partial charge on any atom is 0.410 e. The van der Waals surface area contributed by atoms with Crippen molar-refractivity contribution in [3.8, 4) is 11.3 Å². The molecule has 5 nitrogen and oxygen atoms in total. The van der Waals surface area contributed by atoms with E-state index in [-0.39, 0.29) is 12.1 Å². The molecule has 1 atom stereocenters. The van der Waals surface area contributed by atoms with Crippen molar-refractivity contribution in [3.05, 3.63) is 42.1 Å². The van der Waals surface area contributed by atoms with Crippen molar-refractivity contribution >= 4 is 6.09 Å². The van der Waals surface area contributed by atoms with E-state index in [1.807, 2.05) is 57.2 Å². The van der Waals surface area contributed by atoms with Crippen LogP contribution in [0.5, 0.6) is 0 Å². The van der Waals surface area contributed by atoms with Crippen molar-refractivity contribution in [2.45, 2.75) is 45.3 Å². The molecule has 0 bridgehead atoms. The SMILES string of the molecule is CC(C)(C)OC(=O)N1CCC[C@H]1c1cc(-c2ccccc2)on1. The minimum absolute atomic E-state index is 0.0777. The third kappa shape index (κ3) is 3.55. The van der Waals surface area contributed by atoms with Crippen LogP contribution in [0, 0.1) is 0 Å². The maximum absolute atomic E-state index is 12.4. The highest BCUT2D eigenvalue weighted by atomic mass is 16.6. The number of likely N-dealkylation sites (tertiary alicyclic amines) is 1.